The van der Waals surface area contributed by atoms with Gasteiger partial charge < -0.3 is 0 Å². The molecule has 0 bridgehead atoms. The van der Waals surface area contributed by atoms with E-state index in [9.17, 15) is 9.59 Å². The number of imide groups is 1. The van der Waals surface area contributed by atoms with Crippen LogP contribution in [0.2, 0.25) is 0 Å². The molecule has 66 valence electrons. The molecule has 0 aromatic carbocycles. The molecule has 0 N–H and O–H groups in total. The van der Waals surface area contributed by atoms with Crippen LogP contribution in [0.15, 0.2) is 12.7 Å². The first-order chi connectivity index (χ1) is 5.59. The smallest absolute Gasteiger partial charge is 0.294 e. The Bertz CT molecular complexity index is 244. The largest absolute Gasteiger partial charge is 0.343 e. The molecule has 1 fully saturated rings. The molecule has 1 rings (SSSR count). The molecule has 0 aromatic heterocycles. The van der Waals surface area contributed by atoms with Crippen molar-refractivity contribution in [3.63, 3.8) is 0 Å². The highest BCUT2D eigenvalue weighted by Crippen LogP contribution is 2.21. The first-order valence-electron chi connectivity index (χ1n) is 3.15. The molecule has 0 radical (unpaired) electrons. The summed E-state index contributed by atoms with van der Waals surface area (Å²) in [7, 11) is 0. The van der Waals surface area contributed by atoms with Crippen LogP contribution in [0.3, 0.4) is 0 Å². The molecular weight excluding hydrogens is 203 g/mol. The van der Waals surface area contributed by atoms with E-state index in [-0.39, 0.29) is 6.54 Å². The van der Waals surface area contributed by atoms with Crippen LogP contribution in [0.4, 0.5) is 4.79 Å². The molecule has 1 heterocycles. The SMILES string of the molecule is C=CCN1C(=O)N(Cl)C(=O)C1Cl. The van der Waals surface area contributed by atoms with Crippen molar-refractivity contribution in [2.24, 2.45) is 0 Å². The normalized spacial score (nSPS) is 23.7. The first-order valence-corrected chi connectivity index (χ1v) is 3.92. The number of hydrogen-bond acceptors (Lipinski definition) is 2. The Balaban J connectivity index is 2.83. The number of amides is 3. The predicted molar refractivity (Wildman–Crippen MR) is 44.6 cm³/mol. The zero-order chi connectivity index (χ0) is 9.30. The second-order valence-electron chi connectivity index (χ2n) is 2.18. The highest BCUT2D eigenvalue weighted by Gasteiger charge is 2.42. The van der Waals surface area contributed by atoms with Gasteiger partial charge in [-0.25, -0.2) is 4.79 Å². The monoisotopic (exact) mass is 208 g/mol. The molecule has 1 atom stereocenters. The predicted octanol–water partition coefficient (Wildman–Crippen LogP) is 1.16. The van der Waals surface area contributed by atoms with Crippen molar-refractivity contribution in [2.75, 3.05) is 6.54 Å². The van der Waals surface area contributed by atoms with Crippen LogP contribution in [-0.2, 0) is 4.79 Å². The van der Waals surface area contributed by atoms with Crippen LogP contribution < -0.4 is 0 Å². The summed E-state index contributed by atoms with van der Waals surface area (Å²) in [5.41, 5.74) is -1.01. The number of alkyl halides is 1. The van der Waals surface area contributed by atoms with E-state index in [0.717, 1.165) is 4.90 Å². The van der Waals surface area contributed by atoms with Gasteiger partial charge in [-0.1, -0.05) is 17.7 Å². The van der Waals surface area contributed by atoms with Crippen LogP contribution in [0.25, 0.3) is 0 Å². The summed E-state index contributed by atoms with van der Waals surface area (Å²) in [4.78, 5) is 23.2. The standard InChI is InChI=1S/C6H6Cl2N2O2/c1-2-3-9-4(7)5(11)10(8)6(9)12/h2,4H,1,3H2. The lowest BCUT2D eigenvalue weighted by atomic mass is 10.5. The van der Waals surface area contributed by atoms with Crippen molar-refractivity contribution in [3.05, 3.63) is 12.7 Å². The number of urea groups is 1. The maximum absolute atomic E-state index is 11.1. The summed E-state index contributed by atoms with van der Waals surface area (Å²) < 4.78 is 0.473. The highest BCUT2D eigenvalue weighted by molar-refractivity contribution is 6.42. The first kappa shape index (κ1) is 9.35. The lowest BCUT2D eigenvalue weighted by Crippen LogP contribution is -2.31. The van der Waals surface area contributed by atoms with Crippen LogP contribution >= 0.6 is 23.4 Å². The average Bonchev–Trinajstić information content (AvgIpc) is 2.23. The third-order valence-corrected chi connectivity index (χ3v) is 2.14. The molecule has 0 saturated carbocycles. The van der Waals surface area contributed by atoms with Gasteiger partial charge in [-0.2, -0.15) is 4.42 Å². The zero-order valence-electron chi connectivity index (χ0n) is 6.04. The van der Waals surface area contributed by atoms with E-state index in [1.54, 1.807) is 0 Å². The molecule has 6 heteroatoms. The Kier molecular flexibility index (Phi) is 2.59. The summed E-state index contributed by atoms with van der Waals surface area (Å²) in [6.07, 6.45) is 1.47. The van der Waals surface area contributed by atoms with E-state index < -0.39 is 17.4 Å². The van der Waals surface area contributed by atoms with E-state index in [1.165, 1.54) is 6.08 Å². The van der Waals surface area contributed by atoms with Crippen molar-refractivity contribution < 1.29 is 9.59 Å². The minimum atomic E-state index is -1.01. The van der Waals surface area contributed by atoms with Gasteiger partial charge in [0.1, 0.15) is 0 Å². The van der Waals surface area contributed by atoms with E-state index >= 15 is 0 Å². The van der Waals surface area contributed by atoms with Crippen LogP contribution in [0.5, 0.6) is 0 Å². The van der Waals surface area contributed by atoms with Crippen LogP contribution in [0, 0.1) is 0 Å². The van der Waals surface area contributed by atoms with Gasteiger partial charge in [-0.3, -0.25) is 9.69 Å². The fourth-order valence-corrected chi connectivity index (χ4v) is 1.34. The van der Waals surface area contributed by atoms with Gasteiger partial charge in [0.15, 0.2) is 5.50 Å². The van der Waals surface area contributed by atoms with Gasteiger partial charge in [0.05, 0.1) is 0 Å². The third-order valence-electron chi connectivity index (χ3n) is 1.41. The van der Waals surface area contributed by atoms with E-state index in [0.29, 0.717) is 4.42 Å². The Morgan fingerprint density at radius 1 is 1.58 bits per heavy atom. The number of nitrogens with zero attached hydrogens (tertiary/aromatic N) is 2. The second-order valence-corrected chi connectivity index (χ2v) is 2.93. The summed E-state index contributed by atoms with van der Waals surface area (Å²) >= 11 is 10.9. The van der Waals surface area contributed by atoms with Gasteiger partial charge in [0, 0.05) is 18.3 Å². The van der Waals surface area contributed by atoms with Crippen molar-refractivity contribution in [1.82, 2.24) is 9.32 Å². The van der Waals surface area contributed by atoms with Crippen molar-refractivity contribution in [2.45, 2.75) is 5.50 Å². The molecular formula is C6H6Cl2N2O2. The number of carbonyl (C=O) groups excluding carboxylic acids is 2. The Morgan fingerprint density at radius 3 is 2.50 bits per heavy atom. The number of halogens is 2. The van der Waals surface area contributed by atoms with Gasteiger partial charge in [0.25, 0.3) is 5.91 Å². The Morgan fingerprint density at radius 2 is 2.17 bits per heavy atom. The van der Waals surface area contributed by atoms with Gasteiger partial charge in [-0.15, -0.1) is 6.58 Å². The zero-order valence-corrected chi connectivity index (χ0v) is 7.55. The summed E-state index contributed by atoms with van der Waals surface area (Å²) in [6.45, 7) is 3.63. The van der Waals surface area contributed by atoms with Crippen LogP contribution in [-0.4, -0.2) is 33.3 Å². The molecule has 4 nitrogen and oxygen atoms in total. The Labute approximate surface area is 79.4 Å². The Hall–Kier alpha value is -0.740. The fourth-order valence-electron chi connectivity index (χ4n) is 0.841. The lowest BCUT2D eigenvalue weighted by molar-refractivity contribution is -0.123. The molecule has 3 amide bonds. The van der Waals surface area contributed by atoms with Gasteiger partial charge in [0.2, 0.25) is 0 Å². The summed E-state index contributed by atoms with van der Waals surface area (Å²) in [6, 6.07) is -0.610. The molecule has 0 aliphatic carbocycles. The summed E-state index contributed by atoms with van der Waals surface area (Å²) in [5.74, 6) is -0.620. The molecule has 1 saturated heterocycles. The topological polar surface area (TPSA) is 40.6 Å². The number of carbonyl (C=O) groups is 2. The molecule has 0 aromatic rings. The molecule has 0 spiro atoms. The molecule has 1 aliphatic rings. The number of hydrogen-bond donors (Lipinski definition) is 0. The van der Waals surface area contributed by atoms with E-state index in [2.05, 4.69) is 6.58 Å². The lowest BCUT2D eigenvalue weighted by Gasteiger charge is -2.13. The van der Waals surface area contributed by atoms with E-state index in [1.807, 2.05) is 0 Å². The van der Waals surface area contributed by atoms with Crippen molar-refractivity contribution >= 4 is 35.3 Å². The fraction of sp³-hybridized carbons (Fsp3) is 0.333. The third kappa shape index (κ3) is 1.28. The highest BCUT2D eigenvalue weighted by atomic mass is 35.5. The molecule has 12 heavy (non-hydrogen) atoms. The summed E-state index contributed by atoms with van der Waals surface area (Å²) in [5, 5.41) is 0. The second kappa shape index (κ2) is 3.33. The van der Waals surface area contributed by atoms with Gasteiger partial charge >= 0.3 is 6.03 Å². The molecule has 1 unspecified atom stereocenters. The van der Waals surface area contributed by atoms with Gasteiger partial charge in [-0.05, 0) is 0 Å². The minimum Gasteiger partial charge on any atom is -0.294 e. The maximum atomic E-state index is 11.1. The molecule has 1 aliphatic heterocycles. The van der Waals surface area contributed by atoms with E-state index in [4.69, 9.17) is 23.4 Å². The van der Waals surface area contributed by atoms with Crippen molar-refractivity contribution in [1.29, 1.82) is 0 Å². The average molecular weight is 209 g/mol. The minimum absolute atomic E-state index is 0.210. The van der Waals surface area contributed by atoms with Crippen molar-refractivity contribution in [3.8, 4) is 0 Å². The maximum Gasteiger partial charge on any atom is 0.343 e. The quantitative estimate of drug-likeness (QED) is 0.225. The van der Waals surface area contributed by atoms with Crippen LogP contribution in [0.1, 0.15) is 0 Å². The number of rotatable bonds is 2.